The van der Waals surface area contributed by atoms with E-state index in [0.717, 1.165) is 10.3 Å². The molecule has 9 nitrogen and oxygen atoms in total. The van der Waals surface area contributed by atoms with Crippen molar-refractivity contribution < 1.29 is 4.42 Å². The Kier molecular flexibility index (Phi) is 4.02. The average Bonchev–Trinajstić information content (AvgIpc) is 3.17. The van der Waals surface area contributed by atoms with Gasteiger partial charge in [-0.2, -0.15) is 4.98 Å². The van der Waals surface area contributed by atoms with E-state index < -0.39 is 11.2 Å². The summed E-state index contributed by atoms with van der Waals surface area (Å²) >= 11 is 0. The third kappa shape index (κ3) is 3.09. The molecule has 0 aliphatic carbocycles. The van der Waals surface area contributed by atoms with Crippen molar-refractivity contribution in [3.8, 4) is 0 Å². The predicted molar refractivity (Wildman–Crippen MR) is 93.8 cm³/mol. The summed E-state index contributed by atoms with van der Waals surface area (Å²) in [6, 6.07) is 8.96. The summed E-state index contributed by atoms with van der Waals surface area (Å²) in [6.07, 6.45) is 4.56. The van der Waals surface area contributed by atoms with Gasteiger partial charge in [-0.25, -0.2) is 9.78 Å². The molecule has 0 radical (unpaired) electrons. The smallest absolute Gasteiger partial charge is 0.330 e. The number of rotatable bonds is 5. The fourth-order valence-electron chi connectivity index (χ4n) is 2.50. The first-order chi connectivity index (χ1) is 12.7. The van der Waals surface area contributed by atoms with Crippen molar-refractivity contribution in [2.45, 2.75) is 13.1 Å². The van der Waals surface area contributed by atoms with Crippen LogP contribution in [0.4, 0.5) is 5.95 Å². The molecule has 9 heteroatoms. The van der Waals surface area contributed by atoms with E-state index in [0.29, 0.717) is 18.3 Å². The van der Waals surface area contributed by atoms with Crippen LogP contribution in [-0.2, 0) is 13.1 Å². The van der Waals surface area contributed by atoms with Crippen LogP contribution in [0.25, 0.3) is 11.0 Å². The number of aromatic amines is 1. The van der Waals surface area contributed by atoms with Crippen molar-refractivity contribution >= 4 is 17.0 Å². The molecule has 0 unspecified atom stereocenters. The van der Waals surface area contributed by atoms with Gasteiger partial charge in [0, 0.05) is 12.4 Å². The minimum atomic E-state index is -0.562. The first-order valence-corrected chi connectivity index (χ1v) is 7.87. The van der Waals surface area contributed by atoms with Crippen LogP contribution in [0.15, 0.2) is 63.0 Å². The maximum atomic E-state index is 12.6. The van der Waals surface area contributed by atoms with Crippen LogP contribution < -0.4 is 16.6 Å². The zero-order valence-electron chi connectivity index (χ0n) is 13.5. The molecule has 0 aliphatic heterocycles. The van der Waals surface area contributed by atoms with Crippen LogP contribution in [0.2, 0.25) is 0 Å². The predicted octanol–water partition coefficient (Wildman–Crippen LogP) is 1.13. The highest BCUT2D eigenvalue weighted by molar-refractivity contribution is 5.73. The van der Waals surface area contributed by atoms with E-state index >= 15 is 0 Å². The first-order valence-electron chi connectivity index (χ1n) is 7.87. The Morgan fingerprint density at radius 1 is 1.15 bits per heavy atom. The Morgan fingerprint density at radius 2 is 2.08 bits per heavy atom. The number of hydrogen-bond acceptors (Lipinski definition) is 7. The third-order valence-electron chi connectivity index (χ3n) is 3.78. The lowest BCUT2D eigenvalue weighted by atomic mass is 10.3. The number of anilines is 1. The monoisotopic (exact) mass is 350 g/mol. The number of furan rings is 1. The van der Waals surface area contributed by atoms with Crippen LogP contribution in [0.5, 0.6) is 0 Å². The summed E-state index contributed by atoms with van der Waals surface area (Å²) in [5, 5.41) is 3.23. The van der Waals surface area contributed by atoms with E-state index in [1.54, 1.807) is 18.3 Å². The summed E-state index contributed by atoms with van der Waals surface area (Å²) < 4.78 is 6.24. The molecule has 0 saturated carbocycles. The lowest BCUT2D eigenvalue weighted by molar-refractivity contribution is 0.484. The molecular formula is C17H14N6O3. The Balaban J connectivity index is 1.64. The van der Waals surface area contributed by atoms with Gasteiger partial charge in [0.05, 0.1) is 25.0 Å². The van der Waals surface area contributed by atoms with Crippen molar-refractivity contribution in [3.05, 3.63) is 81.3 Å². The van der Waals surface area contributed by atoms with Gasteiger partial charge in [-0.05, 0) is 24.3 Å². The molecule has 0 saturated heterocycles. The topological polar surface area (TPSA) is 119 Å². The highest BCUT2D eigenvalue weighted by atomic mass is 16.3. The van der Waals surface area contributed by atoms with Crippen LogP contribution >= 0.6 is 0 Å². The van der Waals surface area contributed by atoms with Crippen LogP contribution in [-0.4, -0.2) is 24.5 Å². The number of fused-ring (bicyclic) bond motifs is 1. The molecule has 0 bridgehead atoms. The molecule has 0 aliphatic rings. The van der Waals surface area contributed by atoms with Gasteiger partial charge in [0.1, 0.15) is 11.1 Å². The standard InChI is InChI=1S/C17H14N6O3/c24-15-13-9-20-16(19-8-11-4-1-2-6-18-11)21-14(13)22-17(25)23(15)10-12-5-3-7-26-12/h1-7,9H,8,10H2,(H2,19,20,21,22,25). The second-order valence-electron chi connectivity index (χ2n) is 5.53. The Hall–Kier alpha value is -3.75. The zero-order valence-corrected chi connectivity index (χ0v) is 13.5. The zero-order chi connectivity index (χ0) is 17.9. The van der Waals surface area contributed by atoms with Crippen molar-refractivity contribution in [1.29, 1.82) is 0 Å². The summed E-state index contributed by atoms with van der Waals surface area (Å²) in [5.74, 6) is 0.800. The van der Waals surface area contributed by atoms with E-state index in [2.05, 4.69) is 25.3 Å². The Morgan fingerprint density at radius 3 is 2.85 bits per heavy atom. The Labute approximate surface area is 146 Å². The quantitative estimate of drug-likeness (QED) is 0.554. The molecule has 0 aromatic carbocycles. The van der Waals surface area contributed by atoms with E-state index in [1.807, 2.05) is 18.2 Å². The minimum Gasteiger partial charge on any atom is -0.467 e. The van der Waals surface area contributed by atoms with Gasteiger partial charge in [0.15, 0.2) is 5.65 Å². The lowest BCUT2D eigenvalue weighted by Gasteiger charge is -2.07. The summed E-state index contributed by atoms with van der Waals surface area (Å²) in [6.45, 7) is 0.461. The van der Waals surface area contributed by atoms with Gasteiger partial charge in [0.2, 0.25) is 5.95 Å². The molecule has 0 atom stereocenters. The number of nitrogens with zero attached hydrogens (tertiary/aromatic N) is 4. The normalized spacial score (nSPS) is 10.9. The second kappa shape index (κ2) is 6.63. The molecular weight excluding hydrogens is 336 g/mol. The molecule has 0 amide bonds. The molecule has 0 spiro atoms. The maximum Gasteiger partial charge on any atom is 0.330 e. The highest BCUT2D eigenvalue weighted by Crippen LogP contribution is 2.07. The van der Waals surface area contributed by atoms with Gasteiger partial charge in [-0.3, -0.25) is 19.3 Å². The van der Waals surface area contributed by atoms with E-state index in [9.17, 15) is 9.59 Å². The van der Waals surface area contributed by atoms with E-state index in [4.69, 9.17) is 4.42 Å². The molecule has 0 fully saturated rings. The van der Waals surface area contributed by atoms with E-state index in [-0.39, 0.29) is 17.6 Å². The van der Waals surface area contributed by atoms with E-state index in [1.165, 1.54) is 12.5 Å². The first kappa shape index (κ1) is 15.8. The minimum absolute atomic E-state index is 0.0385. The number of H-pyrrole nitrogens is 1. The number of pyridine rings is 1. The van der Waals surface area contributed by atoms with Crippen molar-refractivity contribution in [2.24, 2.45) is 0 Å². The van der Waals surface area contributed by atoms with Gasteiger partial charge in [0.25, 0.3) is 5.56 Å². The fourth-order valence-corrected chi connectivity index (χ4v) is 2.50. The molecule has 4 rings (SSSR count). The lowest BCUT2D eigenvalue weighted by Crippen LogP contribution is -2.35. The van der Waals surface area contributed by atoms with Crippen LogP contribution in [0, 0.1) is 0 Å². The summed E-state index contributed by atoms with van der Waals surface area (Å²) in [5.41, 5.74) is -0.0440. The molecule has 4 heterocycles. The van der Waals surface area contributed by atoms with Crippen LogP contribution in [0.3, 0.4) is 0 Å². The summed E-state index contributed by atoms with van der Waals surface area (Å²) in [4.78, 5) is 40.0. The van der Waals surface area contributed by atoms with Gasteiger partial charge >= 0.3 is 5.69 Å². The SMILES string of the molecule is O=c1[nH]c2nc(NCc3ccccn3)ncc2c(=O)n1Cc1ccco1. The van der Waals surface area contributed by atoms with Gasteiger partial charge < -0.3 is 9.73 Å². The van der Waals surface area contributed by atoms with Crippen molar-refractivity contribution in [3.63, 3.8) is 0 Å². The van der Waals surface area contributed by atoms with Crippen molar-refractivity contribution in [2.75, 3.05) is 5.32 Å². The molecule has 130 valence electrons. The Bertz CT molecular complexity index is 1150. The molecule has 4 aromatic rings. The van der Waals surface area contributed by atoms with Gasteiger partial charge in [-0.15, -0.1) is 0 Å². The third-order valence-corrected chi connectivity index (χ3v) is 3.78. The highest BCUT2D eigenvalue weighted by Gasteiger charge is 2.11. The van der Waals surface area contributed by atoms with Gasteiger partial charge in [-0.1, -0.05) is 6.07 Å². The number of nitrogens with one attached hydrogen (secondary N) is 2. The number of aromatic nitrogens is 5. The second-order valence-corrected chi connectivity index (χ2v) is 5.53. The number of hydrogen-bond donors (Lipinski definition) is 2. The van der Waals surface area contributed by atoms with Crippen molar-refractivity contribution in [1.82, 2.24) is 24.5 Å². The fraction of sp³-hybridized carbons (Fsp3) is 0.118. The maximum absolute atomic E-state index is 12.6. The molecule has 2 N–H and O–H groups in total. The molecule has 26 heavy (non-hydrogen) atoms. The van der Waals surface area contributed by atoms with Crippen LogP contribution in [0.1, 0.15) is 11.5 Å². The largest absolute Gasteiger partial charge is 0.467 e. The average molecular weight is 350 g/mol. The summed E-state index contributed by atoms with van der Waals surface area (Å²) in [7, 11) is 0. The molecule has 4 aromatic heterocycles.